The molecule has 30 heavy (non-hydrogen) atoms. The summed E-state index contributed by atoms with van der Waals surface area (Å²) in [7, 11) is 0. The van der Waals surface area contributed by atoms with Crippen molar-refractivity contribution in [1.29, 1.82) is 0 Å². The first-order chi connectivity index (χ1) is 14.3. The molecule has 0 spiro atoms. The summed E-state index contributed by atoms with van der Waals surface area (Å²) in [6.45, 7) is 1.67. The van der Waals surface area contributed by atoms with Gasteiger partial charge in [0.15, 0.2) is 0 Å². The van der Waals surface area contributed by atoms with E-state index in [0.717, 1.165) is 16.1 Å². The van der Waals surface area contributed by atoms with Gasteiger partial charge in [-0.15, -0.1) is 0 Å². The second-order valence-corrected chi connectivity index (χ2v) is 8.34. The zero-order chi connectivity index (χ0) is 21.7. The van der Waals surface area contributed by atoms with Crippen LogP contribution in [0.2, 0.25) is 10.0 Å². The van der Waals surface area contributed by atoms with Gasteiger partial charge < -0.3 is 5.32 Å². The minimum Gasteiger partial charge on any atom is -0.322 e. The van der Waals surface area contributed by atoms with Crippen molar-refractivity contribution < 1.29 is 14.4 Å². The highest BCUT2D eigenvalue weighted by atomic mass is 35.5. The van der Waals surface area contributed by atoms with E-state index in [9.17, 15) is 14.4 Å². The lowest BCUT2D eigenvalue weighted by molar-refractivity contribution is -0.138. The van der Waals surface area contributed by atoms with E-state index in [-0.39, 0.29) is 6.42 Å². The van der Waals surface area contributed by atoms with E-state index < -0.39 is 23.4 Å². The number of nitrogens with one attached hydrogen (secondary N) is 2. The highest BCUT2D eigenvalue weighted by Crippen LogP contribution is 2.24. The fourth-order valence-corrected chi connectivity index (χ4v) is 3.64. The van der Waals surface area contributed by atoms with E-state index in [2.05, 4.69) is 10.7 Å². The molecule has 4 amide bonds. The van der Waals surface area contributed by atoms with Crippen LogP contribution in [0.15, 0.2) is 48.5 Å². The molecule has 1 heterocycles. The Morgan fingerprint density at radius 3 is 2.47 bits per heavy atom. The zero-order valence-corrected chi connectivity index (χ0v) is 18.1. The Balaban J connectivity index is 1.50. The summed E-state index contributed by atoms with van der Waals surface area (Å²) in [6, 6.07) is 14.4. The van der Waals surface area contributed by atoms with Gasteiger partial charge in [-0.1, -0.05) is 59.6 Å². The Morgan fingerprint density at radius 2 is 1.77 bits per heavy atom. The molecule has 2 aromatic carbocycles. The number of carbonyl (C=O) groups is 3. The number of benzene rings is 2. The standard InChI is InChI=1S/C22H23Cl2N3O3/c1-22(13-12-15-6-3-2-4-7-15)20(29)27(21(30)25-22)26-19(28)9-5-8-16-10-11-17(23)18(24)14-16/h2-4,6-7,10-11,14H,5,8-9,12-13H2,1H3,(H,25,30)(H,26,28). The SMILES string of the molecule is CC1(CCc2ccccc2)NC(=O)N(NC(=O)CCCc2ccc(Cl)c(Cl)c2)C1=O. The molecular weight excluding hydrogens is 425 g/mol. The molecule has 0 aliphatic carbocycles. The minimum atomic E-state index is -1.06. The summed E-state index contributed by atoms with van der Waals surface area (Å²) in [5.74, 6) is -0.855. The second kappa shape index (κ2) is 9.49. The first kappa shape index (κ1) is 22.1. The number of hydrazine groups is 1. The maximum Gasteiger partial charge on any atom is 0.344 e. The molecule has 0 bridgehead atoms. The molecule has 1 aliphatic rings. The van der Waals surface area contributed by atoms with E-state index in [1.54, 1.807) is 19.1 Å². The Kier molecular flexibility index (Phi) is 7.00. The van der Waals surface area contributed by atoms with Gasteiger partial charge in [0, 0.05) is 6.42 Å². The third-order valence-electron chi connectivity index (χ3n) is 5.11. The van der Waals surface area contributed by atoms with Crippen molar-refractivity contribution in [3.8, 4) is 0 Å². The third kappa shape index (κ3) is 5.32. The van der Waals surface area contributed by atoms with Gasteiger partial charge in [0.1, 0.15) is 5.54 Å². The number of carbonyl (C=O) groups excluding carboxylic acids is 3. The highest BCUT2D eigenvalue weighted by molar-refractivity contribution is 6.42. The lowest BCUT2D eigenvalue weighted by Crippen LogP contribution is -2.48. The average molecular weight is 448 g/mol. The van der Waals surface area contributed by atoms with E-state index >= 15 is 0 Å². The van der Waals surface area contributed by atoms with E-state index in [0.29, 0.717) is 35.7 Å². The van der Waals surface area contributed by atoms with Gasteiger partial charge in [-0.05, 0) is 55.9 Å². The van der Waals surface area contributed by atoms with Crippen molar-refractivity contribution in [1.82, 2.24) is 15.8 Å². The van der Waals surface area contributed by atoms with E-state index in [1.807, 2.05) is 36.4 Å². The van der Waals surface area contributed by atoms with Gasteiger partial charge in [0.2, 0.25) is 5.91 Å². The number of halogens is 2. The number of aryl methyl sites for hydroxylation is 2. The fraction of sp³-hybridized carbons (Fsp3) is 0.318. The van der Waals surface area contributed by atoms with Gasteiger partial charge >= 0.3 is 6.03 Å². The second-order valence-electron chi connectivity index (χ2n) is 7.53. The summed E-state index contributed by atoms with van der Waals surface area (Å²) in [5, 5.41) is 4.42. The molecule has 8 heteroatoms. The van der Waals surface area contributed by atoms with Crippen molar-refractivity contribution in [3.05, 3.63) is 69.7 Å². The smallest absolute Gasteiger partial charge is 0.322 e. The van der Waals surface area contributed by atoms with Crippen molar-refractivity contribution in [3.63, 3.8) is 0 Å². The predicted molar refractivity (Wildman–Crippen MR) is 116 cm³/mol. The quantitative estimate of drug-likeness (QED) is 0.592. The zero-order valence-electron chi connectivity index (χ0n) is 16.6. The first-order valence-corrected chi connectivity index (χ1v) is 10.5. The van der Waals surface area contributed by atoms with Crippen LogP contribution in [0.3, 0.4) is 0 Å². The molecule has 1 atom stereocenters. The first-order valence-electron chi connectivity index (χ1n) is 9.72. The van der Waals surface area contributed by atoms with Crippen LogP contribution in [0.1, 0.15) is 37.3 Å². The maximum atomic E-state index is 12.8. The molecule has 0 aromatic heterocycles. The average Bonchev–Trinajstić information content (AvgIpc) is 2.93. The Morgan fingerprint density at radius 1 is 1.03 bits per heavy atom. The molecule has 2 aromatic rings. The Bertz CT molecular complexity index is 952. The summed E-state index contributed by atoms with van der Waals surface area (Å²) >= 11 is 11.9. The molecule has 6 nitrogen and oxygen atoms in total. The number of urea groups is 1. The van der Waals surface area contributed by atoms with Gasteiger partial charge in [0.05, 0.1) is 10.0 Å². The van der Waals surface area contributed by atoms with Crippen LogP contribution in [-0.4, -0.2) is 28.4 Å². The molecule has 158 valence electrons. The fourth-order valence-electron chi connectivity index (χ4n) is 3.32. The number of rotatable bonds is 8. The van der Waals surface area contributed by atoms with Crippen molar-refractivity contribution in [2.24, 2.45) is 0 Å². The van der Waals surface area contributed by atoms with Crippen molar-refractivity contribution >= 4 is 41.0 Å². The molecule has 2 N–H and O–H groups in total. The molecular formula is C22H23Cl2N3O3. The Labute approximate surface area is 185 Å². The topological polar surface area (TPSA) is 78.5 Å². The minimum absolute atomic E-state index is 0.165. The number of nitrogens with zero attached hydrogens (tertiary/aromatic N) is 1. The van der Waals surface area contributed by atoms with Gasteiger partial charge in [0.25, 0.3) is 5.91 Å². The van der Waals surface area contributed by atoms with Crippen LogP contribution in [0, 0.1) is 0 Å². The molecule has 1 aliphatic heterocycles. The van der Waals surface area contributed by atoms with Gasteiger partial charge in [-0.25, -0.2) is 4.79 Å². The normalized spacial score (nSPS) is 18.4. The monoisotopic (exact) mass is 447 g/mol. The number of hydrogen-bond donors (Lipinski definition) is 2. The third-order valence-corrected chi connectivity index (χ3v) is 5.85. The summed E-state index contributed by atoms with van der Waals surface area (Å²) in [4.78, 5) is 37.3. The molecule has 1 saturated heterocycles. The highest BCUT2D eigenvalue weighted by Gasteiger charge is 2.48. The summed E-state index contributed by atoms with van der Waals surface area (Å²) in [6.07, 6.45) is 2.40. The van der Waals surface area contributed by atoms with Crippen LogP contribution in [0.25, 0.3) is 0 Å². The molecule has 0 saturated carbocycles. The molecule has 1 fully saturated rings. The van der Waals surface area contributed by atoms with Crippen LogP contribution in [-0.2, 0) is 22.4 Å². The largest absolute Gasteiger partial charge is 0.344 e. The van der Waals surface area contributed by atoms with Gasteiger partial charge in [-0.2, -0.15) is 5.01 Å². The lowest BCUT2D eigenvalue weighted by atomic mass is 9.93. The molecule has 3 rings (SSSR count). The Hall–Kier alpha value is -2.57. The summed E-state index contributed by atoms with van der Waals surface area (Å²) in [5.41, 5.74) is 3.40. The molecule has 0 radical (unpaired) electrons. The van der Waals surface area contributed by atoms with Crippen molar-refractivity contribution in [2.45, 2.75) is 44.6 Å². The van der Waals surface area contributed by atoms with Crippen LogP contribution < -0.4 is 10.7 Å². The number of hydrogen-bond acceptors (Lipinski definition) is 3. The van der Waals surface area contributed by atoms with Crippen molar-refractivity contribution in [2.75, 3.05) is 0 Å². The van der Waals surface area contributed by atoms with Gasteiger partial charge in [-0.3, -0.25) is 15.0 Å². The van der Waals surface area contributed by atoms with E-state index in [1.165, 1.54) is 0 Å². The van der Waals surface area contributed by atoms with Crippen LogP contribution in [0.4, 0.5) is 4.79 Å². The lowest BCUT2D eigenvalue weighted by Gasteiger charge is -2.21. The number of amides is 4. The van der Waals surface area contributed by atoms with Crippen LogP contribution >= 0.6 is 23.2 Å². The number of imide groups is 1. The summed E-state index contributed by atoms with van der Waals surface area (Å²) < 4.78 is 0. The maximum absolute atomic E-state index is 12.8. The van der Waals surface area contributed by atoms with Crippen LogP contribution in [0.5, 0.6) is 0 Å². The molecule has 1 unspecified atom stereocenters. The van der Waals surface area contributed by atoms with E-state index in [4.69, 9.17) is 23.2 Å². The predicted octanol–water partition coefficient (Wildman–Crippen LogP) is 4.29.